The highest BCUT2D eigenvalue weighted by molar-refractivity contribution is 5.21. The fraction of sp³-hybridized carbons (Fsp3) is 0.455. The van der Waals surface area contributed by atoms with Crippen molar-refractivity contribution in [3.63, 3.8) is 0 Å². The minimum Gasteiger partial charge on any atom is -0.322 e. The maximum atomic E-state index is 6.13. The van der Waals surface area contributed by atoms with Crippen LogP contribution < -0.4 is 5.73 Å². The summed E-state index contributed by atoms with van der Waals surface area (Å²) in [6.45, 7) is 4.22. The second-order valence-corrected chi connectivity index (χ2v) is 3.46. The average Bonchev–Trinajstić information content (AvgIpc) is 2.06. The van der Waals surface area contributed by atoms with Crippen molar-refractivity contribution in [3.8, 4) is 0 Å². The van der Waals surface area contributed by atoms with E-state index in [4.69, 9.17) is 5.73 Å². The van der Waals surface area contributed by atoms with E-state index in [9.17, 15) is 0 Å². The molecule has 1 aromatic rings. The largest absolute Gasteiger partial charge is 0.322 e. The summed E-state index contributed by atoms with van der Waals surface area (Å²) in [5.41, 5.74) is 7.11. The summed E-state index contributed by atoms with van der Waals surface area (Å²) in [5, 5.41) is 0. The summed E-state index contributed by atoms with van der Waals surface area (Å²) in [6.07, 6.45) is 2.13. The van der Waals surface area contributed by atoms with E-state index in [1.54, 1.807) is 0 Å². The lowest BCUT2D eigenvalue weighted by Crippen LogP contribution is -2.32. The molecule has 2 N–H and O–H groups in total. The first-order valence-electron chi connectivity index (χ1n) is 4.42. The van der Waals surface area contributed by atoms with E-state index in [1.165, 1.54) is 5.56 Å². The molecule has 1 aromatic carbocycles. The standard InChI is InChI=1S/C11H16N/c1-3-9-11(2,12)10-7-5-4-6-8-10/h4-5,7-8H,3,9,12H2,1-2H3. The van der Waals surface area contributed by atoms with Crippen molar-refractivity contribution in [3.05, 3.63) is 35.9 Å². The Morgan fingerprint density at radius 2 is 2.33 bits per heavy atom. The van der Waals surface area contributed by atoms with Crippen LogP contribution in [0.1, 0.15) is 32.3 Å². The molecule has 0 saturated heterocycles. The van der Waals surface area contributed by atoms with Gasteiger partial charge in [-0.3, -0.25) is 0 Å². The van der Waals surface area contributed by atoms with Crippen LogP contribution in [0.15, 0.2) is 24.3 Å². The van der Waals surface area contributed by atoms with Gasteiger partial charge < -0.3 is 5.73 Å². The highest BCUT2D eigenvalue weighted by atomic mass is 14.7. The van der Waals surface area contributed by atoms with Crippen molar-refractivity contribution in [1.82, 2.24) is 0 Å². The minimum atomic E-state index is -0.188. The molecule has 0 aliphatic heterocycles. The molecule has 0 aliphatic carbocycles. The highest BCUT2D eigenvalue weighted by Gasteiger charge is 2.18. The van der Waals surface area contributed by atoms with Crippen LogP contribution in [0.25, 0.3) is 0 Å². The van der Waals surface area contributed by atoms with Gasteiger partial charge in [0.05, 0.1) is 0 Å². The number of nitrogens with two attached hydrogens (primary N) is 1. The van der Waals surface area contributed by atoms with E-state index in [-0.39, 0.29) is 5.54 Å². The number of rotatable bonds is 3. The summed E-state index contributed by atoms with van der Waals surface area (Å²) in [6, 6.07) is 11.0. The van der Waals surface area contributed by atoms with Crippen LogP contribution in [0.2, 0.25) is 0 Å². The van der Waals surface area contributed by atoms with Crippen molar-refractivity contribution < 1.29 is 0 Å². The quantitative estimate of drug-likeness (QED) is 0.726. The van der Waals surface area contributed by atoms with Crippen molar-refractivity contribution in [2.75, 3.05) is 0 Å². The van der Waals surface area contributed by atoms with Gasteiger partial charge in [-0.2, -0.15) is 0 Å². The zero-order valence-corrected chi connectivity index (χ0v) is 7.80. The smallest absolute Gasteiger partial charge is 0.0381 e. The number of hydrogen-bond donors (Lipinski definition) is 1. The van der Waals surface area contributed by atoms with E-state index >= 15 is 0 Å². The molecule has 1 atom stereocenters. The Hall–Kier alpha value is -0.820. The molecule has 0 spiro atoms. The molecule has 0 aromatic heterocycles. The van der Waals surface area contributed by atoms with Crippen molar-refractivity contribution >= 4 is 0 Å². The van der Waals surface area contributed by atoms with E-state index in [1.807, 2.05) is 18.2 Å². The van der Waals surface area contributed by atoms with Crippen LogP contribution in [-0.4, -0.2) is 0 Å². The lowest BCUT2D eigenvalue weighted by molar-refractivity contribution is 0.446. The summed E-state index contributed by atoms with van der Waals surface area (Å²) < 4.78 is 0. The third kappa shape index (κ3) is 2.08. The van der Waals surface area contributed by atoms with Gasteiger partial charge in [-0.1, -0.05) is 31.5 Å². The van der Waals surface area contributed by atoms with E-state index in [0.29, 0.717) is 0 Å². The van der Waals surface area contributed by atoms with Crippen LogP contribution in [0.4, 0.5) is 0 Å². The molecule has 0 aliphatic rings. The molecule has 0 saturated carbocycles. The molecule has 12 heavy (non-hydrogen) atoms. The second-order valence-electron chi connectivity index (χ2n) is 3.46. The lowest BCUT2D eigenvalue weighted by atomic mass is 9.89. The predicted molar refractivity (Wildman–Crippen MR) is 51.7 cm³/mol. The lowest BCUT2D eigenvalue weighted by Gasteiger charge is -2.24. The summed E-state index contributed by atoms with van der Waals surface area (Å²) in [5.74, 6) is 0. The summed E-state index contributed by atoms with van der Waals surface area (Å²) in [7, 11) is 0. The van der Waals surface area contributed by atoms with E-state index in [0.717, 1.165) is 12.8 Å². The second kappa shape index (κ2) is 3.72. The molecule has 0 fully saturated rings. The zero-order chi connectivity index (χ0) is 9.03. The van der Waals surface area contributed by atoms with E-state index < -0.39 is 0 Å². The Bertz CT molecular complexity index is 226. The van der Waals surface area contributed by atoms with Crippen LogP contribution in [0.3, 0.4) is 0 Å². The molecule has 0 heterocycles. The molecule has 1 heteroatoms. The molecule has 0 bridgehead atoms. The topological polar surface area (TPSA) is 26.0 Å². The molecule has 1 unspecified atom stereocenters. The van der Waals surface area contributed by atoms with Crippen LogP contribution in [0.5, 0.6) is 0 Å². The van der Waals surface area contributed by atoms with Gasteiger partial charge in [-0.15, -0.1) is 0 Å². The molecule has 1 nitrogen and oxygen atoms in total. The molecule has 1 radical (unpaired) electrons. The molecular formula is C11H16N. The van der Waals surface area contributed by atoms with E-state index in [2.05, 4.69) is 26.0 Å². The molecule has 65 valence electrons. The van der Waals surface area contributed by atoms with Crippen LogP contribution >= 0.6 is 0 Å². The Balaban J connectivity index is 2.82. The maximum absolute atomic E-state index is 6.13. The average molecular weight is 162 g/mol. The first kappa shape index (κ1) is 9.27. The number of benzene rings is 1. The monoisotopic (exact) mass is 162 g/mol. The van der Waals surface area contributed by atoms with Gasteiger partial charge in [-0.05, 0) is 31.0 Å². The zero-order valence-electron chi connectivity index (χ0n) is 7.80. The Morgan fingerprint density at radius 1 is 1.58 bits per heavy atom. The van der Waals surface area contributed by atoms with Gasteiger partial charge in [0.2, 0.25) is 0 Å². The number of hydrogen-bond acceptors (Lipinski definition) is 1. The maximum Gasteiger partial charge on any atom is 0.0381 e. The SMILES string of the molecule is CCCC(C)(N)c1c[c]ccc1. The van der Waals surface area contributed by atoms with Crippen molar-refractivity contribution in [1.29, 1.82) is 0 Å². The fourth-order valence-corrected chi connectivity index (χ4v) is 1.41. The third-order valence-electron chi connectivity index (χ3n) is 2.14. The fourth-order valence-electron chi connectivity index (χ4n) is 1.41. The van der Waals surface area contributed by atoms with Gasteiger partial charge in [0, 0.05) is 5.54 Å². The van der Waals surface area contributed by atoms with Crippen molar-refractivity contribution in [2.45, 2.75) is 32.2 Å². The normalized spacial score (nSPS) is 15.6. The van der Waals surface area contributed by atoms with Crippen molar-refractivity contribution in [2.24, 2.45) is 5.73 Å². The van der Waals surface area contributed by atoms with Gasteiger partial charge in [0.1, 0.15) is 0 Å². The molecule has 1 rings (SSSR count). The Kier molecular flexibility index (Phi) is 2.88. The first-order chi connectivity index (χ1) is 5.67. The Morgan fingerprint density at radius 3 is 2.83 bits per heavy atom. The van der Waals surface area contributed by atoms with Gasteiger partial charge in [-0.25, -0.2) is 0 Å². The van der Waals surface area contributed by atoms with Gasteiger partial charge in [0.25, 0.3) is 0 Å². The highest BCUT2D eigenvalue weighted by Crippen LogP contribution is 2.21. The van der Waals surface area contributed by atoms with Gasteiger partial charge >= 0.3 is 0 Å². The Labute approximate surface area is 74.6 Å². The van der Waals surface area contributed by atoms with Crippen LogP contribution in [0, 0.1) is 6.07 Å². The summed E-state index contributed by atoms with van der Waals surface area (Å²) >= 11 is 0. The van der Waals surface area contributed by atoms with Gasteiger partial charge in [0.15, 0.2) is 0 Å². The first-order valence-corrected chi connectivity index (χ1v) is 4.42. The summed E-state index contributed by atoms with van der Waals surface area (Å²) in [4.78, 5) is 0. The molecule has 0 amide bonds. The predicted octanol–water partition coefficient (Wildman–Crippen LogP) is 2.46. The van der Waals surface area contributed by atoms with Crippen LogP contribution in [-0.2, 0) is 5.54 Å². The molecular weight excluding hydrogens is 146 g/mol. The minimum absolute atomic E-state index is 0.188. The third-order valence-corrected chi connectivity index (χ3v) is 2.14.